The molecule has 0 radical (unpaired) electrons. The van der Waals surface area contributed by atoms with E-state index in [4.69, 9.17) is 18.9 Å². The summed E-state index contributed by atoms with van der Waals surface area (Å²) in [5.41, 5.74) is 2.23. The van der Waals surface area contributed by atoms with Crippen molar-refractivity contribution in [3.63, 3.8) is 0 Å². The molecule has 0 aliphatic carbocycles. The number of benzene rings is 6. The van der Waals surface area contributed by atoms with Gasteiger partial charge in [0.1, 0.15) is 36.2 Å². The third-order valence-electron chi connectivity index (χ3n) is 8.00. The van der Waals surface area contributed by atoms with Crippen molar-refractivity contribution >= 4 is 47.0 Å². The highest BCUT2D eigenvalue weighted by molar-refractivity contribution is 8.01. The van der Waals surface area contributed by atoms with E-state index in [-0.39, 0.29) is 0 Å². The molecule has 6 aromatic carbocycles. The van der Waals surface area contributed by atoms with Gasteiger partial charge in [-0.2, -0.15) is 0 Å². The van der Waals surface area contributed by atoms with Gasteiger partial charge in [0.05, 0.1) is 52.4 Å². The maximum Gasteiger partial charge on any atom is 0.147 e. The Morgan fingerprint density at radius 2 is 0.596 bits per heavy atom. The molecule has 0 spiro atoms. The van der Waals surface area contributed by atoms with E-state index < -0.39 is 0 Å². The molecule has 0 atom stereocenters. The minimum atomic E-state index is 0.455. The highest BCUT2D eigenvalue weighted by atomic mass is 32.2. The van der Waals surface area contributed by atoms with Crippen LogP contribution in [0.1, 0.15) is 37.8 Å². The molecular weight excluding hydrogens is 721 g/mol. The van der Waals surface area contributed by atoms with Crippen LogP contribution in [0.5, 0.6) is 23.0 Å². The molecule has 0 fully saturated rings. The summed E-state index contributed by atoms with van der Waals surface area (Å²) in [6.45, 7) is 6.41. The molecule has 0 unspecified atom stereocenters. The number of fused-ring (bicyclic) bond motifs is 8. The van der Waals surface area contributed by atoms with E-state index >= 15 is 0 Å². The smallest absolute Gasteiger partial charge is 0.147 e. The zero-order valence-corrected chi connectivity index (χ0v) is 32.5. The first-order chi connectivity index (χ1) is 25.7. The predicted octanol–water partition coefficient (Wildman–Crippen LogP) is 13.3. The van der Waals surface area contributed by atoms with E-state index in [1.54, 1.807) is 47.0 Å². The standard InChI is InChI=1S/C44H40O4S4/c1-3-27-45-41-33-19-11-20-34(41)50-38-24-14-26-40(44(38)48-30-32-17-9-6-10-18-32)52-36-22-12-21-35(42(36)46-28-4-2)51-39-25-13-23-37(49-33)43(39)47-29-31-15-7-5-8-16-31/h5-26H,3-4,27-30H2,1-2H3. The Kier molecular flexibility index (Phi) is 12.6. The Morgan fingerprint density at radius 3 is 0.865 bits per heavy atom. The molecule has 0 saturated carbocycles. The van der Waals surface area contributed by atoms with Gasteiger partial charge in [0.2, 0.25) is 0 Å². The van der Waals surface area contributed by atoms with Crippen LogP contribution in [-0.2, 0) is 13.2 Å². The lowest BCUT2D eigenvalue weighted by Crippen LogP contribution is -2.02. The van der Waals surface area contributed by atoms with Gasteiger partial charge in [-0.3, -0.25) is 0 Å². The first kappa shape index (κ1) is 36.3. The van der Waals surface area contributed by atoms with Crippen LogP contribution in [0.4, 0.5) is 0 Å². The topological polar surface area (TPSA) is 36.9 Å². The van der Waals surface area contributed by atoms with Gasteiger partial charge >= 0.3 is 0 Å². The summed E-state index contributed by atoms with van der Waals surface area (Å²) in [6.07, 6.45) is 1.80. The fraction of sp³-hybridized carbons (Fsp3) is 0.182. The van der Waals surface area contributed by atoms with Crippen LogP contribution in [-0.4, -0.2) is 13.2 Å². The lowest BCUT2D eigenvalue weighted by atomic mass is 10.2. The molecule has 0 aromatic heterocycles. The maximum atomic E-state index is 6.75. The zero-order chi connectivity index (χ0) is 35.5. The molecule has 0 amide bonds. The number of hydrogen-bond donors (Lipinski definition) is 0. The second-order valence-electron chi connectivity index (χ2n) is 12.0. The average Bonchev–Trinajstić information content (AvgIpc) is 3.17. The highest BCUT2D eigenvalue weighted by Gasteiger charge is 2.23. The largest absolute Gasteiger partial charge is 0.491 e. The van der Waals surface area contributed by atoms with Crippen molar-refractivity contribution in [2.24, 2.45) is 0 Å². The van der Waals surface area contributed by atoms with Gasteiger partial charge in [0.15, 0.2) is 0 Å². The van der Waals surface area contributed by atoms with E-state index in [0.717, 1.165) is 86.1 Å². The first-order valence-electron chi connectivity index (χ1n) is 17.5. The van der Waals surface area contributed by atoms with Crippen LogP contribution in [0.25, 0.3) is 0 Å². The molecule has 4 nitrogen and oxygen atoms in total. The Bertz CT molecular complexity index is 1850. The van der Waals surface area contributed by atoms with E-state index in [2.05, 4.69) is 111 Å². The molecule has 1 heterocycles. The maximum absolute atomic E-state index is 6.75. The van der Waals surface area contributed by atoms with Gasteiger partial charge in [-0.1, -0.05) is 146 Å². The van der Waals surface area contributed by atoms with E-state index in [1.165, 1.54) is 0 Å². The van der Waals surface area contributed by atoms with E-state index in [0.29, 0.717) is 26.4 Å². The van der Waals surface area contributed by atoms with Gasteiger partial charge in [0, 0.05) is 0 Å². The van der Waals surface area contributed by atoms with Crippen LogP contribution in [0, 0.1) is 0 Å². The van der Waals surface area contributed by atoms with Gasteiger partial charge in [-0.05, 0) is 72.5 Å². The van der Waals surface area contributed by atoms with Gasteiger partial charge < -0.3 is 18.9 Å². The van der Waals surface area contributed by atoms with Gasteiger partial charge in [-0.25, -0.2) is 0 Å². The average molecular weight is 761 g/mol. The number of ether oxygens (including phenoxy) is 4. The SMILES string of the molecule is CCCOc1c2cccc1Sc1cccc(c1OCc1ccccc1)Sc1cccc(c1OCCC)Sc1cccc(c1OCc1ccccc1)S2. The fourth-order valence-electron chi connectivity index (χ4n) is 5.54. The Morgan fingerprint density at radius 1 is 0.327 bits per heavy atom. The second-order valence-corrected chi connectivity index (χ2v) is 16.3. The monoisotopic (exact) mass is 760 g/mol. The first-order valence-corrected chi connectivity index (χ1v) is 20.8. The highest BCUT2D eigenvalue weighted by Crippen LogP contribution is 2.53. The third kappa shape index (κ3) is 8.92. The van der Waals surface area contributed by atoms with Gasteiger partial charge in [0.25, 0.3) is 0 Å². The van der Waals surface area contributed by atoms with Crippen LogP contribution >= 0.6 is 47.0 Å². The number of hydrogen-bond acceptors (Lipinski definition) is 8. The fourth-order valence-corrected chi connectivity index (χ4v) is 10.0. The molecule has 1 aliphatic heterocycles. The van der Waals surface area contributed by atoms with Crippen LogP contribution < -0.4 is 18.9 Å². The van der Waals surface area contributed by atoms with Crippen molar-refractivity contribution in [2.75, 3.05) is 13.2 Å². The lowest BCUT2D eigenvalue weighted by molar-refractivity contribution is 0.290. The molecular formula is C44H40O4S4. The summed E-state index contributed by atoms with van der Waals surface area (Å²) in [5.74, 6) is 3.42. The summed E-state index contributed by atoms with van der Waals surface area (Å²) < 4.78 is 26.7. The summed E-state index contributed by atoms with van der Waals surface area (Å²) in [6, 6.07) is 46.2. The van der Waals surface area contributed by atoms with E-state index in [9.17, 15) is 0 Å². The number of rotatable bonds is 12. The Hall–Kier alpha value is -4.08. The minimum Gasteiger partial charge on any atom is -0.491 e. The van der Waals surface area contributed by atoms with E-state index in [1.807, 2.05) is 36.4 Å². The van der Waals surface area contributed by atoms with Crippen molar-refractivity contribution in [1.29, 1.82) is 0 Å². The summed E-state index contributed by atoms with van der Waals surface area (Å²) >= 11 is 6.71. The van der Waals surface area contributed by atoms with Crippen molar-refractivity contribution in [1.82, 2.24) is 0 Å². The quantitative estimate of drug-likeness (QED) is 0.122. The molecule has 264 valence electrons. The molecule has 6 aromatic rings. The van der Waals surface area contributed by atoms with Crippen LogP contribution in [0.15, 0.2) is 173 Å². The normalized spacial score (nSPS) is 12.2. The molecule has 1 aliphatic rings. The van der Waals surface area contributed by atoms with Crippen molar-refractivity contribution in [3.8, 4) is 23.0 Å². The summed E-state index contributed by atoms with van der Waals surface area (Å²) in [7, 11) is 0. The van der Waals surface area contributed by atoms with Gasteiger partial charge in [-0.15, -0.1) is 0 Å². The molecule has 0 saturated heterocycles. The van der Waals surface area contributed by atoms with Crippen molar-refractivity contribution < 1.29 is 18.9 Å². The number of para-hydroxylation sites is 4. The third-order valence-corrected chi connectivity index (χ3v) is 12.3. The molecule has 0 N–H and O–H groups in total. The van der Waals surface area contributed by atoms with Crippen molar-refractivity contribution in [3.05, 3.63) is 145 Å². The van der Waals surface area contributed by atoms with Crippen molar-refractivity contribution in [2.45, 2.75) is 79.1 Å². The Balaban J connectivity index is 1.39. The molecule has 52 heavy (non-hydrogen) atoms. The lowest BCUT2D eigenvalue weighted by Gasteiger charge is -2.21. The summed E-state index contributed by atoms with van der Waals surface area (Å²) in [4.78, 5) is 8.21. The molecule has 8 bridgehead atoms. The van der Waals surface area contributed by atoms with Crippen LogP contribution in [0.2, 0.25) is 0 Å². The minimum absolute atomic E-state index is 0.455. The molecule has 7 rings (SSSR count). The van der Waals surface area contributed by atoms with Crippen LogP contribution in [0.3, 0.4) is 0 Å². The Labute approximate surface area is 324 Å². The molecule has 8 heteroatoms. The second kappa shape index (κ2) is 18.1. The summed E-state index contributed by atoms with van der Waals surface area (Å²) in [5, 5.41) is 0. The predicted molar refractivity (Wildman–Crippen MR) is 215 cm³/mol. The zero-order valence-electron chi connectivity index (χ0n) is 29.2.